The summed E-state index contributed by atoms with van der Waals surface area (Å²) in [6.45, 7) is 5.01. The minimum absolute atomic E-state index is 0.0139. The first kappa shape index (κ1) is 16.9. The molecule has 2 saturated heterocycles. The van der Waals surface area contributed by atoms with Crippen LogP contribution in [0.1, 0.15) is 17.3 Å². The van der Waals surface area contributed by atoms with Crippen molar-refractivity contribution in [1.29, 1.82) is 0 Å². The fourth-order valence-corrected chi connectivity index (χ4v) is 3.14. The summed E-state index contributed by atoms with van der Waals surface area (Å²) in [6, 6.07) is 5.36. The molecule has 0 aromatic heterocycles. The number of halogens is 1. The van der Waals surface area contributed by atoms with Crippen LogP contribution in [0.5, 0.6) is 0 Å². The predicted octanol–water partition coefficient (Wildman–Crippen LogP) is 0.487. The molecule has 6 nitrogen and oxygen atoms in total. The number of morpholine rings is 1. The van der Waals surface area contributed by atoms with E-state index in [1.54, 1.807) is 15.9 Å². The number of nitrogens with zero attached hydrogens (tertiary/aromatic N) is 2. The molecule has 2 aliphatic heterocycles. The van der Waals surface area contributed by atoms with Crippen LogP contribution in [0.2, 0.25) is 0 Å². The Balaban J connectivity index is 1.57. The molecule has 130 valence electrons. The largest absolute Gasteiger partial charge is 0.375 e. The highest BCUT2D eigenvalue weighted by molar-refractivity contribution is 5.94. The van der Waals surface area contributed by atoms with Gasteiger partial charge in [0.05, 0.1) is 12.7 Å². The number of benzene rings is 1. The molecule has 2 fully saturated rings. The van der Waals surface area contributed by atoms with Gasteiger partial charge in [0.2, 0.25) is 5.91 Å². The van der Waals surface area contributed by atoms with Crippen molar-refractivity contribution in [1.82, 2.24) is 15.1 Å². The molecule has 2 heterocycles. The van der Waals surface area contributed by atoms with Gasteiger partial charge in [-0.05, 0) is 25.1 Å². The maximum atomic E-state index is 13.3. The maximum absolute atomic E-state index is 13.3. The van der Waals surface area contributed by atoms with E-state index in [2.05, 4.69) is 5.32 Å². The molecule has 1 aromatic carbocycles. The zero-order valence-corrected chi connectivity index (χ0v) is 13.7. The first-order valence-corrected chi connectivity index (χ1v) is 8.25. The van der Waals surface area contributed by atoms with Crippen molar-refractivity contribution in [3.63, 3.8) is 0 Å². The Bertz CT molecular complexity index is 617. The molecular formula is C17H22FN3O3. The van der Waals surface area contributed by atoms with E-state index in [4.69, 9.17) is 4.74 Å². The number of ether oxygens (including phenoxy) is 1. The average Bonchev–Trinajstić information content (AvgIpc) is 2.61. The van der Waals surface area contributed by atoms with Gasteiger partial charge in [-0.25, -0.2) is 4.39 Å². The van der Waals surface area contributed by atoms with Gasteiger partial charge in [0.25, 0.3) is 5.91 Å². The van der Waals surface area contributed by atoms with Crippen molar-refractivity contribution in [2.24, 2.45) is 0 Å². The van der Waals surface area contributed by atoms with Crippen LogP contribution in [0.25, 0.3) is 0 Å². The second-order valence-corrected chi connectivity index (χ2v) is 6.14. The van der Waals surface area contributed by atoms with Crippen molar-refractivity contribution in [3.05, 3.63) is 35.6 Å². The van der Waals surface area contributed by atoms with Crippen LogP contribution in [0.4, 0.5) is 4.39 Å². The fourth-order valence-electron chi connectivity index (χ4n) is 3.14. The number of hydrogen-bond donors (Lipinski definition) is 1. The van der Waals surface area contributed by atoms with Gasteiger partial charge in [0.1, 0.15) is 11.9 Å². The van der Waals surface area contributed by atoms with Crippen molar-refractivity contribution in [2.45, 2.75) is 19.1 Å². The first-order chi connectivity index (χ1) is 11.6. The highest BCUT2D eigenvalue weighted by Crippen LogP contribution is 2.13. The molecule has 1 aromatic rings. The lowest BCUT2D eigenvalue weighted by molar-refractivity contribution is -0.140. The predicted molar refractivity (Wildman–Crippen MR) is 86.1 cm³/mol. The summed E-state index contributed by atoms with van der Waals surface area (Å²) in [4.78, 5) is 28.4. The average molecular weight is 335 g/mol. The Labute approximate surface area is 140 Å². The minimum Gasteiger partial charge on any atom is -0.375 e. The van der Waals surface area contributed by atoms with Gasteiger partial charge in [0, 0.05) is 38.3 Å². The number of rotatable bonds is 2. The molecular weight excluding hydrogens is 313 g/mol. The molecule has 0 bridgehead atoms. The van der Waals surface area contributed by atoms with Gasteiger partial charge < -0.3 is 19.9 Å². The third-order valence-electron chi connectivity index (χ3n) is 4.53. The number of amides is 2. The van der Waals surface area contributed by atoms with E-state index >= 15 is 0 Å². The SMILES string of the molecule is C[C@H]1OCCN[C@@H]1C(=O)N1CCN(C(=O)c2cccc(F)c2)CC1. The topological polar surface area (TPSA) is 61.9 Å². The van der Waals surface area contributed by atoms with Crippen molar-refractivity contribution < 1.29 is 18.7 Å². The Morgan fingerprint density at radius 2 is 1.92 bits per heavy atom. The van der Waals surface area contributed by atoms with Crippen LogP contribution in [0.15, 0.2) is 24.3 Å². The normalized spacial score (nSPS) is 24.8. The fraction of sp³-hybridized carbons (Fsp3) is 0.529. The number of carbonyl (C=O) groups excluding carboxylic acids is 2. The second-order valence-electron chi connectivity index (χ2n) is 6.14. The van der Waals surface area contributed by atoms with Gasteiger partial charge >= 0.3 is 0 Å². The molecule has 0 spiro atoms. The van der Waals surface area contributed by atoms with Crippen molar-refractivity contribution in [2.75, 3.05) is 39.3 Å². The number of nitrogens with one attached hydrogen (secondary N) is 1. The summed E-state index contributed by atoms with van der Waals surface area (Å²) in [6.07, 6.45) is -0.154. The van der Waals surface area contributed by atoms with Crippen molar-refractivity contribution in [3.8, 4) is 0 Å². The minimum atomic E-state index is -0.424. The summed E-state index contributed by atoms with van der Waals surface area (Å²) >= 11 is 0. The van der Waals surface area contributed by atoms with E-state index in [-0.39, 0.29) is 24.0 Å². The van der Waals surface area contributed by atoms with E-state index in [1.807, 2.05) is 6.92 Å². The standard InChI is InChI=1S/C17H22FN3O3/c1-12-15(19-5-10-24-12)17(23)21-8-6-20(7-9-21)16(22)13-3-2-4-14(18)11-13/h2-4,11-12,15,19H,5-10H2,1H3/t12-,15+/m1/s1. The van der Waals surface area contributed by atoms with E-state index in [0.29, 0.717) is 44.9 Å². The van der Waals surface area contributed by atoms with Crippen LogP contribution in [-0.2, 0) is 9.53 Å². The molecule has 2 aliphatic rings. The monoisotopic (exact) mass is 335 g/mol. The van der Waals surface area contributed by atoms with E-state index in [1.165, 1.54) is 18.2 Å². The lowest BCUT2D eigenvalue weighted by atomic mass is 10.1. The molecule has 0 saturated carbocycles. The highest BCUT2D eigenvalue weighted by atomic mass is 19.1. The first-order valence-electron chi connectivity index (χ1n) is 8.25. The molecule has 0 unspecified atom stereocenters. The zero-order valence-electron chi connectivity index (χ0n) is 13.7. The summed E-state index contributed by atoms with van der Waals surface area (Å²) < 4.78 is 18.8. The van der Waals surface area contributed by atoms with Crippen LogP contribution in [0, 0.1) is 5.82 Å². The lowest BCUT2D eigenvalue weighted by Gasteiger charge is -2.38. The Hall–Kier alpha value is -1.99. The molecule has 7 heteroatoms. The third-order valence-corrected chi connectivity index (χ3v) is 4.53. The van der Waals surface area contributed by atoms with Crippen LogP contribution in [-0.4, -0.2) is 73.1 Å². The summed E-state index contributed by atoms with van der Waals surface area (Å²) in [7, 11) is 0. The lowest BCUT2D eigenvalue weighted by Crippen LogP contribution is -2.60. The number of carbonyl (C=O) groups is 2. The Morgan fingerprint density at radius 1 is 1.21 bits per heavy atom. The molecule has 0 aliphatic carbocycles. The van der Waals surface area contributed by atoms with Crippen LogP contribution < -0.4 is 5.32 Å². The van der Waals surface area contributed by atoms with E-state index in [9.17, 15) is 14.0 Å². The molecule has 24 heavy (non-hydrogen) atoms. The van der Waals surface area contributed by atoms with E-state index < -0.39 is 5.82 Å². The molecule has 1 N–H and O–H groups in total. The molecule has 2 atom stereocenters. The number of hydrogen-bond acceptors (Lipinski definition) is 4. The van der Waals surface area contributed by atoms with Crippen LogP contribution >= 0.6 is 0 Å². The molecule has 3 rings (SSSR count). The van der Waals surface area contributed by atoms with Gasteiger partial charge in [-0.1, -0.05) is 6.07 Å². The summed E-state index contributed by atoms with van der Waals surface area (Å²) in [5.41, 5.74) is 0.339. The Kier molecular flexibility index (Phi) is 5.11. The third kappa shape index (κ3) is 3.57. The summed E-state index contributed by atoms with van der Waals surface area (Å²) in [5.74, 6) is -0.610. The molecule has 2 amide bonds. The van der Waals surface area contributed by atoms with Gasteiger partial charge in [-0.15, -0.1) is 0 Å². The van der Waals surface area contributed by atoms with Gasteiger partial charge in [0.15, 0.2) is 0 Å². The van der Waals surface area contributed by atoms with Crippen molar-refractivity contribution >= 4 is 11.8 Å². The van der Waals surface area contributed by atoms with Gasteiger partial charge in [-0.2, -0.15) is 0 Å². The zero-order chi connectivity index (χ0) is 17.1. The van der Waals surface area contributed by atoms with Crippen LogP contribution in [0.3, 0.4) is 0 Å². The second kappa shape index (κ2) is 7.27. The maximum Gasteiger partial charge on any atom is 0.254 e. The molecule has 0 radical (unpaired) electrons. The number of piperazine rings is 1. The Morgan fingerprint density at radius 3 is 2.58 bits per heavy atom. The summed E-state index contributed by atoms with van der Waals surface area (Å²) in [5, 5.41) is 3.19. The highest BCUT2D eigenvalue weighted by Gasteiger charge is 2.34. The smallest absolute Gasteiger partial charge is 0.254 e. The van der Waals surface area contributed by atoms with E-state index in [0.717, 1.165) is 0 Å². The quantitative estimate of drug-likeness (QED) is 0.854. The van der Waals surface area contributed by atoms with Gasteiger partial charge in [-0.3, -0.25) is 9.59 Å².